The zero-order valence-corrected chi connectivity index (χ0v) is 12.3. The number of rotatable bonds is 5. The largest absolute Gasteiger partial charge is 0.342 e. The van der Waals surface area contributed by atoms with E-state index in [0.717, 1.165) is 18.4 Å². The quantitative estimate of drug-likeness (QED) is 0.860. The van der Waals surface area contributed by atoms with Gasteiger partial charge in [-0.15, -0.1) is 0 Å². The molecule has 1 aromatic rings. The van der Waals surface area contributed by atoms with E-state index in [1.54, 1.807) is 17.3 Å². The Labute approximate surface area is 119 Å². The lowest BCUT2D eigenvalue weighted by Crippen LogP contribution is -2.45. The van der Waals surface area contributed by atoms with Crippen LogP contribution in [0.2, 0.25) is 0 Å². The minimum Gasteiger partial charge on any atom is -0.342 e. The maximum absolute atomic E-state index is 12.5. The second-order valence-electron chi connectivity index (χ2n) is 5.97. The van der Waals surface area contributed by atoms with E-state index in [1.807, 2.05) is 19.1 Å². The number of nitrogens with one attached hydrogen (secondary N) is 2. The molecule has 1 unspecified atom stereocenters. The van der Waals surface area contributed by atoms with Crippen LogP contribution in [0.25, 0.3) is 0 Å². The number of carbonyl (C=O) groups is 1. The van der Waals surface area contributed by atoms with E-state index in [1.165, 1.54) is 0 Å². The van der Waals surface area contributed by atoms with E-state index in [4.69, 9.17) is 5.41 Å². The zero-order valence-electron chi connectivity index (χ0n) is 12.3. The third-order valence-corrected chi connectivity index (χ3v) is 3.57. The first-order valence-electron chi connectivity index (χ1n) is 7.00. The molecular weight excluding hydrogens is 252 g/mol. The fraction of sp³-hybridized carbons (Fsp3) is 0.533. The van der Waals surface area contributed by atoms with Crippen molar-refractivity contribution in [1.82, 2.24) is 15.2 Å². The topological polar surface area (TPSA) is 69.1 Å². The standard InChI is InChI=1S/C15H22N4O/c1-11(2)10-15(3)13(20)19(14(16)18-15)9-6-12-4-7-17-8-5-12/h4-5,7-8,11H,6,9-10H2,1-3H3,(H2,16,18). The predicted octanol–water partition coefficient (Wildman–Crippen LogP) is 1.80. The number of nitrogens with zero attached hydrogens (tertiary/aromatic N) is 2. The second kappa shape index (κ2) is 5.61. The number of hydrogen-bond donors (Lipinski definition) is 2. The molecule has 2 heterocycles. The van der Waals surface area contributed by atoms with Gasteiger partial charge in [-0.1, -0.05) is 13.8 Å². The average molecular weight is 274 g/mol. The van der Waals surface area contributed by atoms with Gasteiger partial charge in [-0.05, 0) is 43.4 Å². The average Bonchev–Trinajstić information content (AvgIpc) is 2.58. The van der Waals surface area contributed by atoms with Crippen molar-refractivity contribution in [2.24, 2.45) is 5.92 Å². The second-order valence-corrected chi connectivity index (χ2v) is 5.97. The highest BCUT2D eigenvalue weighted by atomic mass is 16.2. The van der Waals surface area contributed by atoms with Gasteiger partial charge >= 0.3 is 0 Å². The Morgan fingerprint density at radius 2 is 2.05 bits per heavy atom. The molecule has 1 aliphatic heterocycles. The van der Waals surface area contributed by atoms with Crippen LogP contribution in [0.3, 0.4) is 0 Å². The van der Waals surface area contributed by atoms with Crippen molar-refractivity contribution in [1.29, 1.82) is 5.41 Å². The molecule has 2 rings (SSSR count). The van der Waals surface area contributed by atoms with E-state index < -0.39 is 5.54 Å². The minimum absolute atomic E-state index is 0.00487. The fourth-order valence-corrected chi connectivity index (χ4v) is 2.74. The summed E-state index contributed by atoms with van der Waals surface area (Å²) in [4.78, 5) is 18.0. The summed E-state index contributed by atoms with van der Waals surface area (Å²) in [5, 5.41) is 11.0. The smallest absolute Gasteiger partial charge is 0.254 e. The van der Waals surface area contributed by atoms with Crippen molar-refractivity contribution < 1.29 is 4.79 Å². The molecule has 0 aromatic carbocycles. The molecule has 1 aliphatic rings. The first-order chi connectivity index (χ1) is 9.42. The Hall–Kier alpha value is -1.91. The summed E-state index contributed by atoms with van der Waals surface area (Å²) in [6.07, 6.45) is 4.96. The molecule has 5 heteroatoms. The maximum atomic E-state index is 12.5. The Morgan fingerprint density at radius 3 is 2.65 bits per heavy atom. The SMILES string of the molecule is CC(C)CC1(C)NC(=N)N(CCc2ccncc2)C1=O. The molecule has 0 spiro atoms. The highest BCUT2D eigenvalue weighted by molar-refractivity contribution is 6.07. The summed E-state index contributed by atoms with van der Waals surface area (Å²) in [7, 11) is 0. The Morgan fingerprint density at radius 1 is 1.40 bits per heavy atom. The van der Waals surface area contributed by atoms with Gasteiger partial charge in [-0.2, -0.15) is 0 Å². The number of hydrogen-bond acceptors (Lipinski definition) is 3. The number of pyridine rings is 1. The number of amides is 1. The van der Waals surface area contributed by atoms with Crippen LogP contribution in [0.4, 0.5) is 0 Å². The van der Waals surface area contributed by atoms with Gasteiger partial charge in [0.2, 0.25) is 0 Å². The molecule has 1 atom stereocenters. The van der Waals surface area contributed by atoms with Crippen LogP contribution < -0.4 is 5.32 Å². The van der Waals surface area contributed by atoms with E-state index in [2.05, 4.69) is 24.1 Å². The highest BCUT2D eigenvalue weighted by Gasteiger charge is 2.45. The van der Waals surface area contributed by atoms with Gasteiger partial charge in [0.05, 0.1) is 0 Å². The van der Waals surface area contributed by atoms with Crippen LogP contribution in [0, 0.1) is 11.3 Å². The fourth-order valence-electron chi connectivity index (χ4n) is 2.74. The molecule has 5 nitrogen and oxygen atoms in total. The van der Waals surface area contributed by atoms with Gasteiger partial charge < -0.3 is 5.32 Å². The monoisotopic (exact) mass is 274 g/mol. The van der Waals surface area contributed by atoms with E-state index in [0.29, 0.717) is 12.5 Å². The van der Waals surface area contributed by atoms with Crippen LogP contribution in [0.5, 0.6) is 0 Å². The molecule has 1 aromatic heterocycles. The van der Waals surface area contributed by atoms with Crippen molar-refractivity contribution in [3.05, 3.63) is 30.1 Å². The third kappa shape index (κ3) is 2.98. The van der Waals surface area contributed by atoms with Gasteiger partial charge in [0.15, 0.2) is 5.96 Å². The van der Waals surface area contributed by atoms with Gasteiger partial charge in [-0.25, -0.2) is 0 Å². The number of guanidine groups is 1. The van der Waals surface area contributed by atoms with Crippen molar-refractivity contribution in [2.75, 3.05) is 6.54 Å². The number of aromatic nitrogens is 1. The lowest BCUT2D eigenvalue weighted by molar-refractivity contribution is -0.131. The lowest BCUT2D eigenvalue weighted by Gasteiger charge is -2.23. The van der Waals surface area contributed by atoms with Crippen LogP contribution in [0.15, 0.2) is 24.5 Å². The van der Waals surface area contributed by atoms with Crippen molar-refractivity contribution in [3.63, 3.8) is 0 Å². The Kier molecular flexibility index (Phi) is 4.06. The third-order valence-electron chi connectivity index (χ3n) is 3.57. The van der Waals surface area contributed by atoms with Crippen LogP contribution in [-0.4, -0.2) is 33.8 Å². The molecule has 1 amide bonds. The minimum atomic E-state index is -0.635. The summed E-state index contributed by atoms with van der Waals surface area (Å²) in [5.41, 5.74) is 0.488. The van der Waals surface area contributed by atoms with Gasteiger partial charge in [-0.3, -0.25) is 20.1 Å². The summed E-state index contributed by atoms with van der Waals surface area (Å²) < 4.78 is 0. The van der Waals surface area contributed by atoms with Crippen LogP contribution in [-0.2, 0) is 11.2 Å². The molecule has 1 fully saturated rings. The van der Waals surface area contributed by atoms with Gasteiger partial charge in [0.25, 0.3) is 5.91 Å². The normalized spacial score (nSPS) is 22.5. The number of carbonyl (C=O) groups excluding carboxylic acids is 1. The summed E-state index contributed by atoms with van der Waals surface area (Å²) in [6, 6.07) is 3.87. The molecule has 2 N–H and O–H groups in total. The highest BCUT2D eigenvalue weighted by Crippen LogP contribution is 2.24. The van der Waals surface area contributed by atoms with Crippen LogP contribution >= 0.6 is 0 Å². The summed E-state index contributed by atoms with van der Waals surface area (Å²) >= 11 is 0. The van der Waals surface area contributed by atoms with E-state index in [9.17, 15) is 4.79 Å². The van der Waals surface area contributed by atoms with E-state index >= 15 is 0 Å². The molecule has 0 bridgehead atoms. The first kappa shape index (κ1) is 14.5. The molecule has 0 radical (unpaired) electrons. The maximum Gasteiger partial charge on any atom is 0.254 e. The van der Waals surface area contributed by atoms with Crippen molar-refractivity contribution in [3.8, 4) is 0 Å². The van der Waals surface area contributed by atoms with Gasteiger partial charge in [0, 0.05) is 18.9 Å². The molecule has 0 aliphatic carbocycles. The van der Waals surface area contributed by atoms with Crippen molar-refractivity contribution in [2.45, 2.75) is 39.2 Å². The molecule has 20 heavy (non-hydrogen) atoms. The Balaban J connectivity index is 2.02. The van der Waals surface area contributed by atoms with E-state index in [-0.39, 0.29) is 11.9 Å². The molecular formula is C15H22N4O. The molecule has 108 valence electrons. The first-order valence-corrected chi connectivity index (χ1v) is 7.00. The zero-order chi connectivity index (χ0) is 14.8. The van der Waals surface area contributed by atoms with Crippen molar-refractivity contribution >= 4 is 11.9 Å². The Bertz CT molecular complexity index is 500. The molecule has 0 saturated carbocycles. The predicted molar refractivity (Wildman–Crippen MR) is 78.4 cm³/mol. The van der Waals surface area contributed by atoms with Gasteiger partial charge in [0.1, 0.15) is 5.54 Å². The van der Waals surface area contributed by atoms with Crippen LogP contribution in [0.1, 0.15) is 32.8 Å². The lowest BCUT2D eigenvalue weighted by atomic mass is 9.91. The summed E-state index contributed by atoms with van der Waals surface area (Å²) in [5.74, 6) is 0.627. The summed E-state index contributed by atoms with van der Waals surface area (Å²) in [6.45, 7) is 6.59. The molecule has 1 saturated heterocycles.